The van der Waals surface area contributed by atoms with Crippen LogP contribution >= 0.6 is 0 Å². The van der Waals surface area contributed by atoms with Crippen LogP contribution in [-0.2, 0) is 9.59 Å². The van der Waals surface area contributed by atoms with Gasteiger partial charge in [0.2, 0.25) is 11.8 Å². The van der Waals surface area contributed by atoms with E-state index in [9.17, 15) is 9.59 Å². The minimum atomic E-state index is -0.0873. The Kier molecular flexibility index (Phi) is 9.22. The van der Waals surface area contributed by atoms with Crippen LogP contribution in [0.4, 0.5) is 11.4 Å². The lowest BCUT2D eigenvalue weighted by Gasteiger charge is -2.23. The summed E-state index contributed by atoms with van der Waals surface area (Å²) in [6, 6.07) is 19.1. The highest BCUT2D eigenvalue weighted by molar-refractivity contribution is 6.01. The summed E-state index contributed by atoms with van der Waals surface area (Å²) in [5.41, 5.74) is 1.61. The lowest BCUT2D eigenvalue weighted by Crippen LogP contribution is -2.31. The second kappa shape index (κ2) is 11.9. The van der Waals surface area contributed by atoms with Gasteiger partial charge >= 0.3 is 0 Å². The highest BCUT2D eigenvalue weighted by Crippen LogP contribution is 2.26. The Bertz CT molecular complexity index is 676. The fourth-order valence-corrected chi connectivity index (χ4v) is 3.08. The van der Waals surface area contributed by atoms with Crippen LogP contribution in [0, 0.1) is 0 Å². The molecule has 5 nitrogen and oxygen atoms in total. The minimum Gasteiger partial charge on any atom is -0.356 e. The minimum absolute atomic E-state index is 0.0750. The van der Waals surface area contributed by atoms with E-state index in [-0.39, 0.29) is 24.7 Å². The van der Waals surface area contributed by atoms with Crippen molar-refractivity contribution in [3.63, 3.8) is 0 Å². The molecule has 0 unspecified atom stereocenters. The number of nitrogens with zero attached hydrogens (tertiary/aromatic N) is 2. The quantitative estimate of drug-likeness (QED) is 0.599. The molecule has 2 aromatic carbocycles. The molecule has 150 valence electrons. The smallest absolute Gasteiger partial charge is 0.232 e. The van der Waals surface area contributed by atoms with E-state index in [0.29, 0.717) is 6.54 Å². The van der Waals surface area contributed by atoms with Crippen LogP contribution in [0.1, 0.15) is 33.1 Å². The van der Waals surface area contributed by atoms with Gasteiger partial charge in [0.25, 0.3) is 0 Å². The van der Waals surface area contributed by atoms with Gasteiger partial charge in [-0.25, -0.2) is 0 Å². The summed E-state index contributed by atoms with van der Waals surface area (Å²) in [6.45, 7) is 7.94. The van der Waals surface area contributed by atoms with Gasteiger partial charge in [0, 0.05) is 30.8 Å². The molecule has 0 aromatic heterocycles. The molecule has 28 heavy (non-hydrogen) atoms. The molecule has 2 rings (SSSR count). The van der Waals surface area contributed by atoms with E-state index >= 15 is 0 Å². The summed E-state index contributed by atoms with van der Waals surface area (Å²) in [5.74, 6) is -0.162. The molecule has 0 spiro atoms. The largest absolute Gasteiger partial charge is 0.356 e. The van der Waals surface area contributed by atoms with Crippen LogP contribution in [-0.4, -0.2) is 42.9 Å². The third-order valence-electron chi connectivity index (χ3n) is 4.71. The number of nitrogens with one attached hydrogen (secondary N) is 1. The predicted molar refractivity (Wildman–Crippen MR) is 115 cm³/mol. The van der Waals surface area contributed by atoms with Gasteiger partial charge in [-0.05, 0) is 50.3 Å². The van der Waals surface area contributed by atoms with Gasteiger partial charge in [-0.2, -0.15) is 0 Å². The van der Waals surface area contributed by atoms with Gasteiger partial charge in [-0.1, -0.05) is 50.2 Å². The summed E-state index contributed by atoms with van der Waals surface area (Å²) < 4.78 is 0. The fourth-order valence-electron chi connectivity index (χ4n) is 3.08. The van der Waals surface area contributed by atoms with Crippen LogP contribution in [0.2, 0.25) is 0 Å². The van der Waals surface area contributed by atoms with Crippen molar-refractivity contribution in [1.29, 1.82) is 0 Å². The molecule has 0 fully saturated rings. The van der Waals surface area contributed by atoms with Gasteiger partial charge in [-0.15, -0.1) is 0 Å². The van der Waals surface area contributed by atoms with E-state index < -0.39 is 0 Å². The maximum Gasteiger partial charge on any atom is 0.232 e. The third kappa shape index (κ3) is 6.82. The Hall–Kier alpha value is -2.66. The fraction of sp³-hybridized carbons (Fsp3) is 0.391. The molecule has 0 aliphatic heterocycles. The molecule has 2 amide bonds. The van der Waals surface area contributed by atoms with Crippen LogP contribution in [0.25, 0.3) is 0 Å². The van der Waals surface area contributed by atoms with Gasteiger partial charge < -0.3 is 10.2 Å². The van der Waals surface area contributed by atoms with E-state index in [2.05, 4.69) is 24.1 Å². The maximum absolute atomic E-state index is 12.9. The number of hydrogen-bond acceptors (Lipinski definition) is 3. The number of anilines is 2. The molecule has 0 heterocycles. The summed E-state index contributed by atoms with van der Waals surface area (Å²) in [7, 11) is 0. The molecule has 5 heteroatoms. The molecule has 0 radical (unpaired) electrons. The van der Waals surface area contributed by atoms with E-state index in [0.717, 1.165) is 37.4 Å². The normalized spacial score (nSPS) is 10.7. The number of amides is 2. The van der Waals surface area contributed by atoms with Crippen molar-refractivity contribution in [2.75, 3.05) is 31.1 Å². The molecule has 0 aliphatic rings. The Morgan fingerprint density at radius 3 is 1.86 bits per heavy atom. The molecule has 1 N–H and O–H groups in total. The lowest BCUT2D eigenvalue weighted by atomic mass is 10.2. The number of hydrogen-bond donors (Lipinski definition) is 1. The Morgan fingerprint density at radius 2 is 1.36 bits per heavy atom. The van der Waals surface area contributed by atoms with Crippen LogP contribution < -0.4 is 10.2 Å². The van der Waals surface area contributed by atoms with Gasteiger partial charge in [-0.3, -0.25) is 14.5 Å². The SMILES string of the molecule is CCN(CC)CCCNC(=O)CCC(=O)N(c1ccccc1)c1ccccc1. The average molecular weight is 382 g/mol. The lowest BCUT2D eigenvalue weighted by molar-refractivity contribution is -0.124. The van der Waals surface area contributed by atoms with Crippen molar-refractivity contribution in [3.8, 4) is 0 Å². The third-order valence-corrected chi connectivity index (χ3v) is 4.71. The maximum atomic E-state index is 12.9. The second-order valence-corrected chi connectivity index (χ2v) is 6.63. The zero-order valence-electron chi connectivity index (χ0n) is 16.9. The first-order chi connectivity index (χ1) is 13.7. The zero-order valence-corrected chi connectivity index (χ0v) is 16.9. The van der Waals surface area contributed by atoms with Crippen LogP contribution in [0.3, 0.4) is 0 Å². The molecule has 2 aromatic rings. The topological polar surface area (TPSA) is 52.7 Å². The summed E-state index contributed by atoms with van der Waals surface area (Å²) in [4.78, 5) is 29.0. The predicted octanol–water partition coefficient (Wildman–Crippen LogP) is 3.98. The number of benzene rings is 2. The summed E-state index contributed by atoms with van der Waals surface area (Å²) in [5, 5.41) is 2.92. The van der Waals surface area contributed by atoms with Gasteiger partial charge in [0.05, 0.1) is 0 Å². The zero-order chi connectivity index (χ0) is 20.2. The summed E-state index contributed by atoms with van der Waals surface area (Å²) >= 11 is 0. The molecule has 0 saturated heterocycles. The Morgan fingerprint density at radius 1 is 0.821 bits per heavy atom. The van der Waals surface area contributed by atoms with Gasteiger partial charge in [0.15, 0.2) is 0 Å². The van der Waals surface area contributed by atoms with Crippen molar-refractivity contribution in [2.45, 2.75) is 33.1 Å². The van der Waals surface area contributed by atoms with Crippen LogP contribution in [0.15, 0.2) is 60.7 Å². The van der Waals surface area contributed by atoms with Crippen molar-refractivity contribution >= 4 is 23.2 Å². The highest BCUT2D eigenvalue weighted by atomic mass is 16.2. The monoisotopic (exact) mass is 381 g/mol. The van der Waals surface area contributed by atoms with Crippen LogP contribution in [0.5, 0.6) is 0 Å². The van der Waals surface area contributed by atoms with E-state index in [1.807, 2.05) is 60.7 Å². The highest BCUT2D eigenvalue weighted by Gasteiger charge is 2.18. The van der Waals surface area contributed by atoms with Crippen molar-refractivity contribution in [3.05, 3.63) is 60.7 Å². The Labute approximate surface area is 168 Å². The first kappa shape index (κ1) is 21.6. The number of rotatable bonds is 11. The molecule has 0 atom stereocenters. The van der Waals surface area contributed by atoms with Crippen molar-refractivity contribution in [1.82, 2.24) is 10.2 Å². The molecule has 0 aliphatic carbocycles. The average Bonchev–Trinajstić information content (AvgIpc) is 2.74. The molecule has 0 saturated carbocycles. The van der Waals surface area contributed by atoms with E-state index in [1.165, 1.54) is 0 Å². The van der Waals surface area contributed by atoms with E-state index in [1.54, 1.807) is 4.90 Å². The standard InChI is InChI=1S/C23H31N3O2/c1-3-25(4-2)19-11-18-24-22(27)16-17-23(28)26(20-12-7-5-8-13-20)21-14-9-6-10-15-21/h5-10,12-15H,3-4,11,16-19H2,1-2H3,(H,24,27). The first-order valence-electron chi connectivity index (χ1n) is 10.1. The van der Waals surface area contributed by atoms with Crippen molar-refractivity contribution in [2.24, 2.45) is 0 Å². The number of carbonyl (C=O) groups is 2. The second-order valence-electron chi connectivity index (χ2n) is 6.63. The van der Waals surface area contributed by atoms with Crippen molar-refractivity contribution < 1.29 is 9.59 Å². The number of para-hydroxylation sites is 2. The molecular weight excluding hydrogens is 350 g/mol. The first-order valence-corrected chi connectivity index (χ1v) is 10.1. The van der Waals surface area contributed by atoms with Gasteiger partial charge in [0.1, 0.15) is 0 Å². The summed E-state index contributed by atoms with van der Waals surface area (Å²) in [6.07, 6.45) is 1.29. The molecular formula is C23H31N3O2. The number of carbonyl (C=O) groups excluding carboxylic acids is 2. The van der Waals surface area contributed by atoms with E-state index in [4.69, 9.17) is 0 Å². The molecule has 0 bridgehead atoms. The Balaban J connectivity index is 1.87.